The number of carbonyl (C=O) groups is 2. The number of halogens is 1. The highest BCUT2D eigenvalue weighted by atomic mass is 32.2. The van der Waals surface area contributed by atoms with E-state index in [0.717, 1.165) is 27.6 Å². The quantitative estimate of drug-likeness (QED) is 0.397. The van der Waals surface area contributed by atoms with Crippen molar-refractivity contribution in [1.29, 1.82) is 0 Å². The molecule has 0 aromatic heterocycles. The lowest BCUT2D eigenvalue weighted by Gasteiger charge is -2.32. The second-order valence-corrected chi connectivity index (χ2v) is 10.5. The molecule has 1 atom stereocenters. The monoisotopic (exact) mass is 541 g/mol. The zero-order valence-electron chi connectivity index (χ0n) is 21.8. The van der Waals surface area contributed by atoms with Crippen molar-refractivity contribution in [2.24, 2.45) is 0 Å². The maximum Gasteiger partial charge on any atom is 0.264 e. The van der Waals surface area contributed by atoms with Gasteiger partial charge in [-0.2, -0.15) is 0 Å². The molecule has 10 heteroatoms. The fraction of sp³-hybridized carbons (Fsp3) is 0.286. The molecule has 1 N–H and O–H groups in total. The Morgan fingerprint density at radius 3 is 2.21 bits per heavy atom. The van der Waals surface area contributed by atoms with E-state index in [9.17, 15) is 22.4 Å². The van der Waals surface area contributed by atoms with Gasteiger partial charge in [0.05, 0.1) is 17.2 Å². The van der Waals surface area contributed by atoms with Gasteiger partial charge in [0.1, 0.15) is 24.2 Å². The highest BCUT2D eigenvalue weighted by molar-refractivity contribution is 7.92. The van der Waals surface area contributed by atoms with Crippen LogP contribution in [0.4, 0.5) is 10.1 Å². The molecule has 8 nitrogen and oxygen atoms in total. The Hall–Kier alpha value is -3.92. The lowest BCUT2D eigenvalue weighted by atomic mass is 10.1. The Kier molecular flexibility index (Phi) is 9.46. The van der Waals surface area contributed by atoms with Crippen molar-refractivity contribution in [2.75, 3.05) is 24.5 Å². The average molecular weight is 542 g/mol. The van der Waals surface area contributed by atoms with Gasteiger partial charge in [0.2, 0.25) is 11.8 Å². The molecule has 0 aliphatic carbocycles. The zero-order chi connectivity index (χ0) is 27.9. The molecule has 3 aromatic carbocycles. The van der Waals surface area contributed by atoms with Crippen LogP contribution >= 0.6 is 0 Å². The third-order valence-electron chi connectivity index (χ3n) is 6.13. The summed E-state index contributed by atoms with van der Waals surface area (Å²) < 4.78 is 47.5. The topological polar surface area (TPSA) is 96.0 Å². The number of nitrogens with one attached hydrogen (secondary N) is 1. The molecule has 3 rings (SSSR count). The van der Waals surface area contributed by atoms with Crippen LogP contribution in [0.1, 0.15) is 25.0 Å². The highest BCUT2D eigenvalue weighted by Gasteiger charge is 2.32. The number of aryl methyl sites for hydroxylation is 1. The Balaban J connectivity index is 2.02. The minimum Gasteiger partial charge on any atom is -0.494 e. The molecule has 0 heterocycles. The lowest BCUT2D eigenvalue weighted by Crippen LogP contribution is -2.50. The van der Waals surface area contributed by atoms with E-state index in [2.05, 4.69) is 5.32 Å². The molecule has 38 heavy (non-hydrogen) atoms. The molecular weight excluding hydrogens is 509 g/mol. The number of hydrogen-bond acceptors (Lipinski definition) is 5. The summed E-state index contributed by atoms with van der Waals surface area (Å²) in [6.07, 6.45) is 0. The van der Waals surface area contributed by atoms with Gasteiger partial charge < -0.3 is 15.0 Å². The third-order valence-corrected chi connectivity index (χ3v) is 7.92. The van der Waals surface area contributed by atoms with Gasteiger partial charge >= 0.3 is 0 Å². The Labute approximate surface area is 223 Å². The predicted octanol–water partition coefficient (Wildman–Crippen LogP) is 3.89. The first kappa shape index (κ1) is 28.6. The third kappa shape index (κ3) is 6.69. The molecule has 0 bridgehead atoms. The van der Waals surface area contributed by atoms with E-state index in [1.807, 2.05) is 38.1 Å². The molecule has 0 aliphatic rings. The summed E-state index contributed by atoms with van der Waals surface area (Å²) in [5.74, 6) is -1.04. The summed E-state index contributed by atoms with van der Waals surface area (Å²) >= 11 is 0. The minimum atomic E-state index is -4.25. The van der Waals surface area contributed by atoms with Crippen LogP contribution in [0.15, 0.2) is 77.7 Å². The van der Waals surface area contributed by atoms with Crippen LogP contribution in [0.2, 0.25) is 0 Å². The van der Waals surface area contributed by atoms with Crippen molar-refractivity contribution in [1.82, 2.24) is 10.2 Å². The Morgan fingerprint density at radius 2 is 1.63 bits per heavy atom. The second-order valence-electron chi connectivity index (χ2n) is 8.63. The van der Waals surface area contributed by atoms with E-state index in [1.54, 1.807) is 6.92 Å². The van der Waals surface area contributed by atoms with Crippen molar-refractivity contribution in [3.63, 3.8) is 0 Å². The number of anilines is 1. The van der Waals surface area contributed by atoms with Crippen LogP contribution in [0.3, 0.4) is 0 Å². The van der Waals surface area contributed by atoms with Crippen LogP contribution < -0.4 is 14.4 Å². The summed E-state index contributed by atoms with van der Waals surface area (Å²) in [6, 6.07) is 17.2. The standard InChI is InChI=1S/C28H32FN3O5S/c1-5-37-25-14-16-26(17-15-25)38(35,36)32(24-12-10-23(29)11-13-24)19-27(33)31(21(3)28(34)30-4)18-22-9-7-6-8-20(22)2/h6-17,21H,5,18-19H2,1-4H3,(H,30,34)/t21-/m1/s1. The fourth-order valence-electron chi connectivity index (χ4n) is 3.90. The molecule has 0 saturated carbocycles. The largest absolute Gasteiger partial charge is 0.494 e. The number of nitrogens with zero attached hydrogens (tertiary/aromatic N) is 2. The summed E-state index contributed by atoms with van der Waals surface area (Å²) in [4.78, 5) is 27.5. The number of rotatable bonds is 11. The van der Waals surface area contributed by atoms with Crippen LogP contribution in [0.25, 0.3) is 0 Å². The molecule has 0 aliphatic heterocycles. The Bertz CT molecular complexity index is 1360. The van der Waals surface area contributed by atoms with Crippen LogP contribution in [0, 0.1) is 12.7 Å². The highest BCUT2D eigenvalue weighted by Crippen LogP contribution is 2.26. The number of likely N-dealkylation sites (N-methyl/N-ethyl adjacent to an activating group) is 1. The number of hydrogen-bond donors (Lipinski definition) is 1. The van der Waals surface area contributed by atoms with Crippen LogP contribution in [-0.4, -0.2) is 51.4 Å². The maximum absolute atomic E-state index is 13.8. The summed E-state index contributed by atoms with van der Waals surface area (Å²) in [5, 5.41) is 2.55. The number of benzene rings is 3. The van der Waals surface area contributed by atoms with E-state index >= 15 is 0 Å². The van der Waals surface area contributed by atoms with Crippen molar-refractivity contribution >= 4 is 27.5 Å². The van der Waals surface area contributed by atoms with Crippen LogP contribution in [0.5, 0.6) is 5.75 Å². The zero-order valence-corrected chi connectivity index (χ0v) is 22.7. The van der Waals surface area contributed by atoms with Gasteiger partial charge in [0, 0.05) is 13.6 Å². The van der Waals surface area contributed by atoms with Gasteiger partial charge in [0.15, 0.2) is 0 Å². The fourth-order valence-corrected chi connectivity index (χ4v) is 5.31. The second kappa shape index (κ2) is 12.6. The average Bonchev–Trinajstić information content (AvgIpc) is 2.91. The first-order chi connectivity index (χ1) is 18.1. The number of carbonyl (C=O) groups excluding carboxylic acids is 2. The molecule has 0 radical (unpaired) electrons. The van der Waals surface area contributed by atoms with Gasteiger partial charge in [-0.15, -0.1) is 0 Å². The number of amides is 2. The SMILES string of the molecule is CCOc1ccc(S(=O)(=O)N(CC(=O)N(Cc2ccccc2C)[C@H](C)C(=O)NC)c2ccc(F)cc2)cc1. The summed E-state index contributed by atoms with van der Waals surface area (Å²) in [7, 11) is -2.78. The summed E-state index contributed by atoms with van der Waals surface area (Å²) in [6.45, 7) is 5.20. The van der Waals surface area contributed by atoms with E-state index in [0.29, 0.717) is 12.4 Å². The lowest BCUT2D eigenvalue weighted by molar-refractivity contribution is -0.139. The van der Waals surface area contributed by atoms with Crippen molar-refractivity contribution in [2.45, 2.75) is 38.3 Å². The molecular formula is C28H32FN3O5S. The molecule has 0 spiro atoms. The van der Waals surface area contributed by atoms with Crippen LogP contribution in [-0.2, 0) is 26.2 Å². The van der Waals surface area contributed by atoms with Crippen molar-refractivity contribution < 1.29 is 27.1 Å². The van der Waals surface area contributed by atoms with Gasteiger partial charge in [-0.3, -0.25) is 13.9 Å². The van der Waals surface area contributed by atoms with Gasteiger partial charge in [0.25, 0.3) is 10.0 Å². The molecule has 0 fully saturated rings. The van der Waals surface area contributed by atoms with Gasteiger partial charge in [-0.25, -0.2) is 12.8 Å². The van der Waals surface area contributed by atoms with E-state index < -0.39 is 40.2 Å². The van der Waals surface area contributed by atoms with Crippen molar-refractivity contribution in [3.8, 4) is 5.75 Å². The number of sulfonamides is 1. The van der Waals surface area contributed by atoms with Gasteiger partial charge in [-0.05, 0) is 80.4 Å². The first-order valence-electron chi connectivity index (χ1n) is 12.1. The molecule has 3 aromatic rings. The van der Waals surface area contributed by atoms with Gasteiger partial charge in [-0.1, -0.05) is 24.3 Å². The molecule has 0 saturated heterocycles. The molecule has 202 valence electrons. The minimum absolute atomic E-state index is 0.0668. The smallest absolute Gasteiger partial charge is 0.264 e. The normalized spacial score (nSPS) is 11.9. The maximum atomic E-state index is 13.8. The molecule has 0 unspecified atom stereocenters. The van der Waals surface area contributed by atoms with E-state index in [1.165, 1.54) is 48.3 Å². The Morgan fingerprint density at radius 1 is 1.00 bits per heavy atom. The first-order valence-corrected chi connectivity index (χ1v) is 13.6. The number of ether oxygens (including phenoxy) is 1. The van der Waals surface area contributed by atoms with Crippen molar-refractivity contribution in [3.05, 3.63) is 89.7 Å². The predicted molar refractivity (Wildman–Crippen MR) is 144 cm³/mol. The van der Waals surface area contributed by atoms with E-state index in [-0.39, 0.29) is 17.1 Å². The van der Waals surface area contributed by atoms with E-state index in [4.69, 9.17) is 4.74 Å². The summed E-state index contributed by atoms with van der Waals surface area (Å²) in [5.41, 5.74) is 1.85. The molecule has 2 amide bonds.